The van der Waals surface area contributed by atoms with Crippen LogP contribution in [0.25, 0.3) is 0 Å². The summed E-state index contributed by atoms with van der Waals surface area (Å²) in [6.45, 7) is 3.60. The van der Waals surface area contributed by atoms with Crippen LogP contribution < -0.4 is 25.4 Å². The molecule has 3 N–H and O–H groups in total. The summed E-state index contributed by atoms with van der Waals surface area (Å²) in [6.07, 6.45) is 6.17. The lowest BCUT2D eigenvalue weighted by Crippen LogP contribution is -2.39. The van der Waals surface area contributed by atoms with Gasteiger partial charge in [0.1, 0.15) is 6.54 Å². The van der Waals surface area contributed by atoms with E-state index in [1.807, 2.05) is 25.1 Å². The molecule has 0 radical (unpaired) electrons. The summed E-state index contributed by atoms with van der Waals surface area (Å²) in [5, 5.41) is 9.17. The van der Waals surface area contributed by atoms with Gasteiger partial charge in [-0.15, -0.1) is 30.4 Å². The van der Waals surface area contributed by atoms with E-state index in [4.69, 9.17) is 15.9 Å². The van der Waals surface area contributed by atoms with Crippen LogP contribution in [0.5, 0.6) is 11.5 Å². The molecule has 0 saturated carbocycles. The summed E-state index contributed by atoms with van der Waals surface area (Å²) in [4.78, 5) is 16.5. The highest BCUT2D eigenvalue weighted by molar-refractivity contribution is 14.0. The van der Waals surface area contributed by atoms with E-state index in [9.17, 15) is 4.79 Å². The van der Waals surface area contributed by atoms with Crippen LogP contribution >= 0.6 is 24.0 Å². The summed E-state index contributed by atoms with van der Waals surface area (Å²) >= 11 is 0. The van der Waals surface area contributed by atoms with Crippen LogP contribution in [0.2, 0.25) is 0 Å². The number of nitrogens with zero attached hydrogens (tertiary/aromatic N) is 1. The summed E-state index contributed by atoms with van der Waals surface area (Å²) < 4.78 is 10.7. The Morgan fingerprint density at radius 3 is 2.80 bits per heavy atom. The molecule has 0 aromatic heterocycles. The molecule has 0 saturated heterocycles. The minimum Gasteiger partial charge on any atom is -0.454 e. The number of anilines is 1. The molecule has 158 valence electrons. The predicted molar refractivity (Wildman–Crippen MR) is 129 cm³/mol. The second-order valence-corrected chi connectivity index (χ2v) is 6.33. The van der Waals surface area contributed by atoms with Crippen molar-refractivity contribution < 1.29 is 14.3 Å². The smallest absolute Gasteiger partial charge is 0.246 e. The lowest BCUT2D eigenvalue weighted by molar-refractivity contribution is -0.114. The first kappa shape index (κ1) is 23.3. The molecule has 1 aliphatic heterocycles. The average molecular weight is 520 g/mol. The molecule has 8 heteroatoms. The van der Waals surface area contributed by atoms with Gasteiger partial charge in [0.15, 0.2) is 17.5 Å². The SMILES string of the molecule is C#Cc1cccc(NC(=O)CN=C(NCC)NCCc2ccc3c(c2)OCO3)c1.I. The van der Waals surface area contributed by atoms with Gasteiger partial charge in [-0.25, -0.2) is 4.99 Å². The topological polar surface area (TPSA) is 84.0 Å². The number of benzene rings is 2. The zero-order valence-electron chi connectivity index (χ0n) is 16.7. The van der Waals surface area contributed by atoms with Crippen molar-refractivity contribution in [3.05, 3.63) is 53.6 Å². The first-order chi connectivity index (χ1) is 14.2. The zero-order chi connectivity index (χ0) is 20.5. The van der Waals surface area contributed by atoms with Gasteiger partial charge in [0, 0.05) is 24.3 Å². The van der Waals surface area contributed by atoms with Crippen molar-refractivity contribution in [1.29, 1.82) is 0 Å². The molecular formula is C22H25IN4O3. The van der Waals surface area contributed by atoms with Crippen LogP contribution in [-0.4, -0.2) is 38.3 Å². The van der Waals surface area contributed by atoms with Crippen LogP contribution in [0.4, 0.5) is 5.69 Å². The number of hydrogen-bond acceptors (Lipinski definition) is 4. The van der Waals surface area contributed by atoms with Crippen molar-refractivity contribution in [2.45, 2.75) is 13.3 Å². The summed E-state index contributed by atoms with van der Waals surface area (Å²) in [6, 6.07) is 13.0. The second-order valence-electron chi connectivity index (χ2n) is 6.33. The Kier molecular flexibility index (Phi) is 9.28. The van der Waals surface area contributed by atoms with Crippen LogP contribution in [0, 0.1) is 12.3 Å². The average Bonchev–Trinajstić information content (AvgIpc) is 3.20. The Bertz CT molecular complexity index is 940. The molecule has 0 fully saturated rings. The fraction of sp³-hybridized carbons (Fsp3) is 0.273. The number of nitrogens with one attached hydrogen (secondary N) is 3. The van der Waals surface area contributed by atoms with Crippen molar-refractivity contribution in [3.63, 3.8) is 0 Å². The normalized spacial score (nSPS) is 11.8. The number of carbonyl (C=O) groups excluding carboxylic acids is 1. The lowest BCUT2D eigenvalue weighted by Gasteiger charge is -2.11. The Balaban J connectivity index is 0.00000320. The number of terminal acetylenes is 1. The Labute approximate surface area is 193 Å². The van der Waals surface area contributed by atoms with Gasteiger partial charge >= 0.3 is 0 Å². The Hall–Kier alpha value is -2.93. The highest BCUT2D eigenvalue weighted by Gasteiger charge is 2.13. The van der Waals surface area contributed by atoms with Crippen LogP contribution in [0.15, 0.2) is 47.5 Å². The number of fused-ring (bicyclic) bond motifs is 1. The molecule has 2 aromatic carbocycles. The molecule has 0 aliphatic carbocycles. The van der Waals surface area contributed by atoms with Gasteiger partial charge in [0.05, 0.1) is 0 Å². The van der Waals surface area contributed by atoms with Gasteiger partial charge in [-0.05, 0) is 49.2 Å². The number of amides is 1. The van der Waals surface area contributed by atoms with Gasteiger partial charge < -0.3 is 25.4 Å². The molecule has 0 bridgehead atoms. The number of halogens is 1. The van der Waals surface area contributed by atoms with E-state index >= 15 is 0 Å². The highest BCUT2D eigenvalue weighted by atomic mass is 127. The molecule has 0 spiro atoms. The number of carbonyl (C=O) groups is 1. The van der Waals surface area contributed by atoms with E-state index in [-0.39, 0.29) is 43.2 Å². The fourth-order valence-electron chi connectivity index (χ4n) is 2.80. The van der Waals surface area contributed by atoms with Gasteiger partial charge in [0.2, 0.25) is 12.7 Å². The number of ether oxygens (including phenoxy) is 2. The molecule has 1 heterocycles. The largest absolute Gasteiger partial charge is 0.454 e. The van der Waals surface area contributed by atoms with Crippen molar-refractivity contribution in [2.24, 2.45) is 4.99 Å². The van der Waals surface area contributed by atoms with Crippen molar-refractivity contribution >= 4 is 41.5 Å². The number of hydrogen-bond donors (Lipinski definition) is 3. The van der Waals surface area contributed by atoms with E-state index < -0.39 is 0 Å². The molecule has 3 rings (SSSR count). The van der Waals surface area contributed by atoms with Gasteiger partial charge in [-0.3, -0.25) is 4.79 Å². The summed E-state index contributed by atoms with van der Waals surface area (Å²) in [7, 11) is 0. The maximum Gasteiger partial charge on any atom is 0.246 e. The minimum absolute atomic E-state index is 0. The quantitative estimate of drug-likeness (QED) is 0.227. The van der Waals surface area contributed by atoms with Gasteiger partial charge in [-0.2, -0.15) is 0 Å². The first-order valence-corrected chi connectivity index (χ1v) is 9.45. The minimum atomic E-state index is -0.216. The van der Waals surface area contributed by atoms with Crippen LogP contribution in [0.3, 0.4) is 0 Å². The molecule has 7 nitrogen and oxygen atoms in total. The third-order valence-electron chi connectivity index (χ3n) is 4.18. The maximum absolute atomic E-state index is 12.2. The lowest BCUT2D eigenvalue weighted by atomic mass is 10.1. The Morgan fingerprint density at radius 2 is 2.00 bits per heavy atom. The van der Waals surface area contributed by atoms with Crippen LogP contribution in [0.1, 0.15) is 18.1 Å². The second kappa shape index (κ2) is 11.9. The van der Waals surface area contributed by atoms with Crippen molar-refractivity contribution in [3.8, 4) is 23.8 Å². The third-order valence-corrected chi connectivity index (χ3v) is 4.18. The first-order valence-electron chi connectivity index (χ1n) is 9.45. The Morgan fingerprint density at radius 1 is 1.17 bits per heavy atom. The monoisotopic (exact) mass is 520 g/mol. The van der Waals surface area contributed by atoms with E-state index in [1.165, 1.54) is 0 Å². The van der Waals surface area contributed by atoms with E-state index in [0.29, 0.717) is 30.3 Å². The number of aliphatic imine (C=N–C) groups is 1. The number of guanidine groups is 1. The number of rotatable bonds is 7. The van der Waals surface area contributed by atoms with Crippen molar-refractivity contribution in [2.75, 3.05) is 31.7 Å². The molecule has 0 unspecified atom stereocenters. The summed E-state index contributed by atoms with van der Waals surface area (Å²) in [5.74, 6) is 4.46. The highest BCUT2D eigenvalue weighted by Crippen LogP contribution is 2.32. The van der Waals surface area contributed by atoms with Gasteiger partial charge in [0.25, 0.3) is 0 Å². The van der Waals surface area contributed by atoms with Gasteiger partial charge in [-0.1, -0.05) is 18.1 Å². The molecule has 0 atom stereocenters. The fourth-order valence-corrected chi connectivity index (χ4v) is 2.80. The van der Waals surface area contributed by atoms with E-state index in [1.54, 1.807) is 24.3 Å². The molecular weight excluding hydrogens is 495 g/mol. The molecule has 2 aromatic rings. The predicted octanol–water partition coefficient (Wildman–Crippen LogP) is 2.75. The summed E-state index contributed by atoms with van der Waals surface area (Å²) in [5.41, 5.74) is 2.50. The standard InChI is InChI=1S/C22H24N4O3.HI/c1-3-16-6-5-7-18(12-16)26-21(27)14-25-22(23-4-2)24-11-10-17-8-9-19-20(13-17)29-15-28-19;/h1,5-9,12-13H,4,10-11,14-15H2,2H3,(H,26,27)(H2,23,24,25);1H. The third kappa shape index (κ3) is 6.84. The van der Waals surface area contributed by atoms with E-state index in [0.717, 1.165) is 23.5 Å². The molecule has 1 aliphatic rings. The zero-order valence-corrected chi connectivity index (χ0v) is 19.1. The molecule has 1 amide bonds. The van der Waals surface area contributed by atoms with E-state index in [2.05, 4.69) is 26.9 Å². The molecule has 30 heavy (non-hydrogen) atoms. The van der Waals surface area contributed by atoms with Crippen molar-refractivity contribution in [1.82, 2.24) is 10.6 Å². The maximum atomic E-state index is 12.2. The van der Waals surface area contributed by atoms with Crippen LogP contribution in [-0.2, 0) is 11.2 Å².